The molecule has 0 aliphatic carbocycles. The van der Waals surface area contributed by atoms with Gasteiger partial charge in [-0.25, -0.2) is 5.90 Å². The highest BCUT2D eigenvalue weighted by atomic mass is 16.7. The first-order chi connectivity index (χ1) is 13.1. The largest absolute Gasteiger partial charge is 0.481 e. The summed E-state index contributed by atoms with van der Waals surface area (Å²) in [5, 5.41) is 84.9. The van der Waals surface area contributed by atoms with E-state index >= 15 is 0 Å². The first kappa shape index (κ1) is 26.5. The van der Waals surface area contributed by atoms with Gasteiger partial charge in [0.25, 0.3) is 5.91 Å². The van der Waals surface area contributed by atoms with Gasteiger partial charge in [-0.1, -0.05) is 0 Å². The number of amides is 1. The van der Waals surface area contributed by atoms with Crippen LogP contribution in [0, 0.1) is 5.92 Å². The van der Waals surface area contributed by atoms with Crippen molar-refractivity contribution in [3.8, 4) is 0 Å². The lowest BCUT2D eigenvalue weighted by molar-refractivity contribution is -0.220. The maximum absolute atomic E-state index is 12.9. The fourth-order valence-electron chi connectivity index (χ4n) is 2.58. The molecule has 0 bridgehead atoms. The zero-order valence-electron chi connectivity index (χ0n) is 14.9. The van der Waals surface area contributed by atoms with E-state index in [1.807, 2.05) is 0 Å². The summed E-state index contributed by atoms with van der Waals surface area (Å²) in [5.74, 6) is 0.423. The van der Waals surface area contributed by atoms with Gasteiger partial charge in [-0.3, -0.25) is 14.4 Å². The van der Waals surface area contributed by atoms with Crippen molar-refractivity contribution in [2.24, 2.45) is 11.8 Å². The molecule has 0 spiro atoms. The molecule has 0 radical (unpaired) electrons. The monoisotopic (exact) mass is 416 g/mol. The number of nitrogens with zero attached hydrogens (tertiary/aromatic N) is 1. The standard InChI is InChI=1S/C14H28N2O12/c15-28-14(9(22)4-18,10(23)5-19)13(27)16(11(24)6-20)2-1-7(12(25)26)8(21)3-17/h7-11,17-24H,1-6,15H2,(H,25,26). The molecular formula is C14H28N2O12. The fourth-order valence-corrected chi connectivity index (χ4v) is 2.58. The third-order valence-corrected chi connectivity index (χ3v) is 4.30. The van der Waals surface area contributed by atoms with Crippen molar-refractivity contribution in [3.05, 3.63) is 0 Å². The van der Waals surface area contributed by atoms with Crippen LogP contribution in [0.15, 0.2) is 0 Å². The molecule has 5 unspecified atom stereocenters. The van der Waals surface area contributed by atoms with E-state index in [9.17, 15) is 30.0 Å². The van der Waals surface area contributed by atoms with Crippen LogP contribution in [0.5, 0.6) is 0 Å². The second-order valence-electron chi connectivity index (χ2n) is 5.95. The summed E-state index contributed by atoms with van der Waals surface area (Å²) >= 11 is 0. The second kappa shape index (κ2) is 12.2. The Morgan fingerprint density at radius 2 is 1.43 bits per heavy atom. The Morgan fingerprint density at radius 1 is 0.929 bits per heavy atom. The Bertz CT molecular complexity index is 483. The van der Waals surface area contributed by atoms with Gasteiger partial charge in [-0.2, -0.15) is 0 Å². The number of carbonyl (C=O) groups excluding carboxylic acids is 1. The third kappa shape index (κ3) is 5.77. The third-order valence-electron chi connectivity index (χ3n) is 4.30. The molecule has 0 rings (SSSR count). The van der Waals surface area contributed by atoms with Crippen molar-refractivity contribution in [2.45, 2.75) is 36.6 Å². The Morgan fingerprint density at radius 3 is 1.75 bits per heavy atom. The van der Waals surface area contributed by atoms with Gasteiger partial charge in [0, 0.05) is 6.54 Å². The molecule has 11 N–H and O–H groups in total. The maximum atomic E-state index is 12.9. The first-order valence-corrected chi connectivity index (χ1v) is 8.16. The summed E-state index contributed by atoms with van der Waals surface area (Å²) in [5.41, 5.74) is -2.87. The Labute approximate surface area is 159 Å². The normalized spacial score (nSPS) is 19.2. The van der Waals surface area contributed by atoms with Gasteiger partial charge in [-0.15, -0.1) is 0 Å². The van der Waals surface area contributed by atoms with Gasteiger partial charge < -0.3 is 50.9 Å². The number of rotatable bonds is 14. The summed E-state index contributed by atoms with van der Waals surface area (Å²) in [4.78, 5) is 28.8. The second-order valence-corrected chi connectivity index (χ2v) is 5.95. The van der Waals surface area contributed by atoms with E-state index < -0.39 is 87.3 Å². The maximum Gasteiger partial charge on any atom is 0.309 e. The minimum atomic E-state index is -2.87. The minimum absolute atomic E-state index is 0.380. The van der Waals surface area contributed by atoms with E-state index in [0.29, 0.717) is 4.90 Å². The highest BCUT2D eigenvalue weighted by Gasteiger charge is 2.55. The SMILES string of the molecule is NOC(C(=O)N(CCC(C(=O)O)C(O)CO)C(O)CO)(C(O)CO)C(O)CO. The number of aliphatic hydroxyl groups excluding tert-OH is 8. The number of aliphatic carboxylic acids is 1. The first-order valence-electron chi connectivity index (χ1n) is 8.16. The molecule has 1 amide bonds. The molecule has 0 heterocycles. The van der Waals surface area contributed by atoms with Crippen LogP contribution in [-0.2, 0) is 14.4 Å². The number of aliphatic hydroxyl groups is 8. The van der Waals surface area contributed by atoms with E-state index in [2.05, 4.69) is 4.84 Å². The van der Waals surface area contributed by atoms with Crippen molar-refractivity contribution in [2.75, 3.05) is 33.0 Å². The summed E-state index contributed by atoms with van der Waals surface area (Å²) in [6.07, 6.45) is -8.59. The van der Waals surface area contributed by atoms with Crippen LogP contribution in [-0.4, -0.2) is 126 Å². The number of nitrogens with two attached hydrogens (primary N) is 1. The van der Waals surface area contributed by atoms with Gasteiger partial charge in [0.1, 0.15) is 12.2 Å². The van der Waals surface area contributed by atoms with Crippen LogP contribution in [0.25, 0.3) is 0 Å². The predicted octanol–water partition coefficient (Wildman–Crippen LogP) is -6.09. The number of hydrogen-bond donors (Lipinski definition) is 10. The molecular weight excluding hydrogens is 388 g/mol. The molecule has 0 aliphatic rings. The molecule has 28 heavy (non-hydrogen) atoms. The zero-order valence-corrected chi connectivity index (χ0v) is 14.9. The molecule has 166 valence electrons. The van der Waals surface area contributed by atoms with Crippen molar-refractivity contribution < 1.29 is 60.4 Å². The number of hydrogen-bond acceptors (Lipinski definition) is 12. The van der Waals surface area contributed by atoms with E-state index in [4.69, 9.17) is 31.4 Å². The van der Waals surface area contributed by atoms with Gasteiger partial charge in [-0.05, 0) is 6.42 Å². The molecule has 0 aromatic heterocycles. The summed E-state index contributed by atoms with van der Waals surface area (Å²) in [6.45, 7) is -4.96. The lowest BCUT2D eigenvalue weighted by atomic mass is 9.88. The van der Waals surface area contributed by atoms with Crippen LogP contribution in [0.3, 0.4) is 0 Å². The summed E-state index contributed by atoms with van der Waals surface area (Å²) < 4.78 is 0. The fraction of sp³-hybridized carbons (Fsp3) is 0.857. The molecule has 14 heteroatoms. The number of carboxylic acid groups (broad SMARTS) is 1. The van der Waals surface area contributed by atoms with Crippen LogP contribution in [0.2, 0.25) is 0 Å². The molecule has 0 saturated carbocycles. The van der Waals surface area contributed by atoms with Crippen LogP contribution >= 0.6 is 0 Å². The quantitative estimate of drug-likeness (QED) is 0.0935. The van der Waals surface area contributed by atoms with Crippen molar-refractivity contribution in [3.63, 3.8) is 0 Å². The van der Waals surface area contributed by atoms with Gasteiger partial charge >= 0.3 is 5.97 Å². The van der Waals surface area contributed by atoms with Gasteiger partial charge in [0.2, 0.25) is 5.60 Å². The highest BCUT2D eigenvalue weighted by molar-refractivity contribution is 5.87. The lowest BCUT2D eigenvalue weighted by Crippen LogP contribution is -2.68. The Kier molecular flexibility index (Phi) is 11.5. The van der Waals surface area contributed by atoms with Crippen molar-refractivity contribution in [1.82, 2.24) is 4.90 Å². The average Bonchev–Trinajstić information content (AvgIpc) is 2.69. The molecule has 0 aliphatic heterocycles. The lowest BCUT2D eigenvalue weighted by Gasteiger charge is -2.41. The van der Waals surface area contributed by atoms with E-state index in [-0.39, 0.29) is 0 Å². The van der Waals surface area contributed by atoms with Crippen LogP contribution in [0.4, 0.5) is 0 Å². The minimum Gasteiger partial charge on any atom is -0.481 e. The van der Waals surface area contributed by atoms with Gasteiger partial charge in [0.15, 0.2) is 6.23 Å². The zero-order chi connectivity index (χ0) is 22.1. The molecule has 0 saturated heterocycles. The molecule has 14 nitrogen and oxygen atoms in total. The Balaban J connectivity index is 5.90. The topological polar surface area (TPSA) is 255 Å². The summed E-state index contributed by atoms with van der Waals surface area (Å²) in [6, 6.07) is 0. The highest BCUT2D eigenvalue weighted by Crippen LogP contribution is 2.25. The van der Waals surface area contributed by atoms with Crippen LogP contribution < -0.4 is 5.90 Å². The smallest absolute Gasteiger partial charge is 0.309 e. The van der Waals surface area contributed by atoms with E-state index in [0.717, 1.165) is 0 Å². The molecule has 0 fully saturated rings. The van der Waals surface area contributed by atoms with Gasteiger partial charge in [0.05, 0.1) is 38.4 Å². The number of carboxylic acids is 1. The molecule has 0 aromatic carbocycles. The van der Waals surface area contributed by atoms with Crippen molar-refractivity contribution in [1.29, 1.82) is 0 Å². The average molecular weight is 416 g/mol. The molecule has 0 aromatic rings. The predicted molar refractivity (Wildman–Crippen MR) is 87.8 cm³/mol. The van der Waals surface area contributed by atoms with E-state index in [1.165, 1.54) is 0 Å². The number of carbonyl (C=O) groups is 2. The Hall–Kier alpha value is -1.46. The van der Waals surface area contributed by atoms with E-state index in [1.54, 1.807) is 0 Å². The molecule has 5 atom stereocenters. The van der Waals surface area contributed by atoms with Crippen LogP contribution in [0.1, 0.15) is 6.42 Å². The van der Waals surface area contributed by atoms with Crippen molar-refractivity contribution >= 4 is 11.9 Å². The summed E-state index contributed by atoms with van der Waals surface area (Å²) in [7, 11) is 0.